The van der Waals surface area contributed by atoms with Crippen molar-refractivity contribution >= 4 is 34.7 Å². The largest absolute Gasteiger partial charge is 0.466 e. The summed E-state index contributed by atoms with van der Waals surface area (Å²) in [5, 5.41) is 1.33. The number of carbonyl (C=O) groups excluding carboxylic acids is 1. The summed E-state index contributed by atoms with van der Waals surface area (Å²) in [5.41, 5.74) is 2.93. The highest BCUT2D eigenvalue weighted by atomic mass is 35.5. The third kappa shape index (κ3) is 5.55. The van der Waals surface area contributed by atoms with E-state index in [0.717, 1.165) is 16.7 Å². The lowest BCUT2D eigenvalue weighted by molar-refractivity contribution is -0.142. The summed E-state index contributed by atoms with van der Waals surface area (Å²) in [6.07, 6.45) is 5.79. The van der Waals surface area contributed by atoms with Crippen LogP contribution in [0.5, 0.6) is 0 Å². The Labute approximate surface area is 152 Å². The lowest BCUT2D eigenvalue weighted by Gasteiger charge is -2.09. The maximum absolute atomic E-state index is 11.4. The van der Waals surface area contributed by atoms with E-state index in [2.05, 4.69) is 0 Å². The predicted octanol–water partition coefficient (Wildman–Crippen LogP) is 5.93. The van der Waals surface area contributed by atoms with Crippen molar-refractivity contribution < 1.29 is 9.53 Å². The number of benzene rings is 2. The standard InChI is InChI=1S/C20H18Cl2O2/c1-2-24-20(23)12-4-3-11-19(15-7-5-9-17(21)13-15)16-8-6-10-18(22)14-16/h3-11,13-14H,2,12H2,1H3/b4-3-. The molecule has 2 aromatic carbocycles. The Balaban J connectivity index is 2.31. The third-order valence-electron chi connectivity index (χ3n) is 3.26. The minimum absolute atomic E-state index is 0.239. The van der Waals surface area contributed by atoms with Gasteiger partial charge in [-0.2, -0.15) is 0 Å². The summed E-state index contributed by atoms with van der Waals surface area (Å²) >= 11 is 12.2. The van der Waals surface area contributed by atoms with Gasteiger partial charge in [0.2, 0.25) is 0 Å². The molecule has 2 aromatic rings. The fourth-order valence-electron chi connectivity index (χ4n) is 2.22. The summed E-state index contributed by atoms with van der Waals surface area (Å²) < 4.78 is 4.90. The molecular weight excluding hydrogens is 343 g/mol. The topological polar surface area (TPSA) is 26.3 Å². The smallest absolute Gasteiger partial charge is 0.309 e. The Hall–Kier alpha value is -2.03. The van der Waals surface area contributed by atoms with E-state index in [1.165, 1.54) is 0 Å². The summed E-state index contributed by atoms with van der Waals surface area (Å²) in [4.78, 5) is 11.4. The van der Waals surface area contributed by atoms with E-state index in [9.17, 15) is 4.79 Å². The Morgan fingerprint density at radius 2 is 1.62 bits per heavy atom. The first-order valence-corrected chi connectivity index (χ1v) is 8.40. The van der Waals surface area contributed by atoms with Crippen LogP contribution in [0, 0.1) is 0 Å². The number of allylic oxidation sites excluding steroid dienone is 2. The molecule has 0 saturated carbocycles. The summed E-state index contributed by atoms with van der Waals surface area (Å²) in [6.45, 7) is 2.18. The van der Waals surface area contributed by atoms with Gasteiger partial charge >= 0.3 is 5.97 Å². The van der Waals surface area contributed by atoms with Crippen molar-refractivity contribution in [3.05, 3.63) is 87.9 Å². The Bertz CT molecular complexity index is 716. The number of carbonyl (C=O) groups is 1. The molecule has 0 bridgehead atoms. The molecule has 0 spiro atoms. The van der Waals surface area contributed by atoms with Gasteiger partial charge in [-0.3, -0.25) is 4.79 Å². The van der Waals surface area contributed by atoms with Crippen molar-refractivity contribution in [2.75, 3.05) is 6.61 Å². The molecule has 0 unspecified atom stereocenters. The molecule has 0 atom stereocenters. The van der Waals surface area contributed by atoms with E-state index < -0.39 is 0 Å². The van der Waals surface area contributed by atoms with Crippen molar-refractivity contribution in [2.45, 2.75) is 13.3 Å². The van der Waals surface area contributed by atoms with E-state index in [4.69, 9.17) is 27.9 Å². The molecule has 0 aliphatic rings. The van der Waals surface area contributed by atoms with Gasteiger partial charge in [-0.05, 0) is 47.9 Å². The van der Waals surface area contributed by atoms with Gasteiger partial charge in [0.15, 0.2) is 0 Å². The quantitative estimate of drug-likeness (QED) is 0.471. The fraction of sp³-hybridized carbons (Fsp3) is 0.150. The normalized spacial score (nSPS) is 10.6. The molecule has 0 fully saturated rings. The van der Waals surface area contributed by atoms with Crippen molar-refractivity contribution in [3.63, 3.8) is 0 Å². The summed E-state index contributed by atoms with van der Waals surface area (Å²) in [7, 11) is 0. The number of hydrogen-bond acceptors (Lipinski definition) is 2. The maximum atomic E-state index is 11.4. The lowest BCUT2D eigenvalue weighted by atomic mass is 9.97. The van der Waals surface area contributed by atoms with Gasteiger partial charge in [0.25, 0.3) is 0 Å². The number of hydrogen-bond donors (Lipinski definition) is 0. The van der Waals surface area contributed by atoms with Crippen molar-refractivity contribution in [2.24, 2.45) is 0 Å². The molecule has 0 aromatic heterocycles. The van der Waals surface area contributed by atoms with Gasteiger partial charge in [-0.15, -0.1) is 0 Å². The predicted molar refractivity (Wildman–Crippen MR) is 100 cm³/mol. The van der Waals surface area contributed by atoms with Gasteiger partial charge in [0, 0.05) is 10.0 Å². The van der Waals surface area contributed by atoms with Crippen LogP contribution in [0.3, 0.4) is 0 Å². The van der Waals surface area contributed by atoms with E-state index in [-0.39, 0.29) is 12.4 Å². The zero-order valence-electron chi connectivity index (χ0n) is 13.3. The third-order valence-corrected chi connectivity index (χ3v) is 3.73. The van der Waals surface area contributed by atoms with Crippen LogP contribution in [0.1, 0.15) is 24.5 Å². The SMILES string of the molecule is CCOC(=O)C/C=C\C=C(c1cccc(Cl)c1)c1cccc(Cl)c1. The average molecular weight is 361 g/mol. The molecule has 0 radical (unpaired) electrons. The highest BCUT2D eigenvalue weighted by molar-refractivity contribution is 6.31. The molecular formula is C20H18Cl2O2. The molecule has 0 N–H and O–H groups in total. The van der Waals surface area contributed by atoms with Crippen LogP contribution in [0.25, 0.3) is 5.57 Å². The van der Waals surface area contributed by atoms with E-state index in [0.29, 0.717) is 16.7 Å². The van der Waals surface area contributed by atoms with Crippen molar-refractivity contribution in [3.8, 4) is 0 Å². The van der Waals surface area contributed by atoms with Gasteiger partial charge in [-0.1, -0.05) is 65.7 Å². The lowest BCUT2D eigenvalue weighted by Crippen LogP contribution is -2.01. The highest BCUT2D eigenvalue weighted by Gasteiger charge is 2.06. The van der Waals surface area contributed by atoms with Crippen LogP contribution in [0.4, 0.5) is 0 Å². The summed E-state index contributed by atoms with van der Waals surface area (Å²) in [5.74, 6) is -0.241. The number of halogens is 2. The Morgan fingerprint density at radius 3 is 2.12 bits per heavy atom. The summed E-state index contributed by atoms with van der Waals surface area (Å²) in [6, 6.07) is 15.2. The first-order valence-electron chi connectivity index (χ1n) is 7.64. The zero-order chi connectivity index (χ0) is 17.4. The highest BCUT2D eigenvalue weighted by Crippen LogP contribution is 2.27. The number of esters is 1. The second kappa shape index (κ2) is 9.31. The van der Waals surface area contributed by atoms with Crippen molar-refractivity contribution in [1.82, 2.24) is 0 Å². The fourth-order valence-corrected chi connectivity index (χ4v) is 2.60. The molecule has 2 nitrogen and oxygen atoms in total. The number of ether oxygens (including phenoxy) is 1. The molecule has 0 heterocycles. The van der Waals surface area contributed by atoms with Gasteiger partial charge in [0.1, 0.15) is 0 Å². The zero-order valence-corrected chi connectivity index (χ0v) is 14.8. The van der Waals surface area contributed by atoms with Crippen LogP contribution >= 0.6 is 23.2 Å². The number of rotatable bonds is 6. The maximum Gasteiger partial charge on any atom is 0.309 e. The van der Waals surface area contributed by atoms with E-state index in [1.807, 2.05) is 60.7 Å². The van der Waals surface area contributed by atoms with Crippen LogP contribution in [-0.2, 0) is 9.53 Å². The van der Waals surface area contributed by atoms with Crippen LogP contribution in [0.15, 0.2) is 66.8 Å². The van der Waals surface area contributed by atoms with E-state index >= 15 is 0 Å². The van der Waals surface area contributed by atoms with Gasteiger partial charge < -0.3 is 4.74 Å². The first-order chi connectivity index (χ1) is 11.6. The second-order valence-corrected chi connectivity index (χ2v) is 5.91. The molecule has 2 rings (SSSR count). The molecule has 0 aliphatic heterocycles. The van der Waals surface area contributed by atoms with E-state index in [1.54, 1.807) is 13.0 Å². The van der Waals surface area contributed by atoms with Gasteiger partial charge in [0.05, 0.1) is 13.0 Å². The molecule has 0 saturated heterocycles. The van der Waals surface area contributed by atoms with Crippen LogP contribution in [0.2, 0.25) is 10.0 Å². The molecule has 0 aliphatic carbocycles. The Kier molecular flexibility index (Phi) is 7.10. The Morgan fingerprint density at radius 1 is 1.04 bits per heavy atom. The average Bonchev–Trinajstić information content (AvgIpc) is 2.55. The monoisotopic (exact) mass is 360 g/mol. The van der Waals surface area contributed by atoms with Crippen molar-refractivity contribution in [1.29, 1.82) is 0 Å². The van der Waals surface area contributed by atoms with Crippen LogP contribution in [-0.4, -0.2) is 12.6 Å². The van der Waals surface area contributed by atoms with Gasteiger partial charge in [-0.25, -0.2) is 0 Å². The van der Waals surface area contributed by atoms with Crippen LogP contribution < -0.4 is 0 Å². The first kappa shape index (κ1) is 18.3. The second-order valence-electron chi connectivity index (χ2n) is 5.04. The molecule has 124 valence electrons. The molecule has 0 amide bonds. The molecule has 24 heavy (non-hydrogen) atoms. The minimum atomic E-state index is -0.241. The molecule has 4 heteroatoms. The minimum Gasteiger partial charge on any atom is -0.466 e.